The van der Waals surface area contributed by atoms with Gasteiger partial charge in [-0.1, -0.05) is 109 Å². The second-order valence-corrected chi connectivity index (χ2v) is 14.0. The summed E-state index contributed by atoms with van der Waals surface area (Å²) in [6.07, 6.45) is 0. The van der Waals surface area contributed by atoms with E-state index >= 15 is 0 Å². The molecular weight excluding hydrogens is 671 g/mol. The molecule has 5 nitrogen and oxygen atoms in total. The molecule has 0 saturated heterocycles. The van der Waals surface area contributed by atoms with Crippen molar-refractivity contribution in [2.75, 3.05) is 0 Å². The quantitative estimate of drug-likeness (QED) is 0.184. The molecule has 0 bridgehead atoms. The number of hydrogen-bond donors (Lipinski definition) is 0. The summed E-state index contributed by atoms with van der Waals surface area (Å²) in [5, 5.41) is 28.0. The molecule has 11 rings (SSSR count). The summed E-state index contributed by atoms with van der Waals surface area (Å²) >= 11 is 0. The summed E-state index contributed by atoms with van der Waals surface area (Å²) in [5.74, 6) is 0. The average Bonchev–Trinajstić information content (AvgIpc) is 3.89. The molecule has 0 aliphatic carbocycles. The Morgan fingerprint density at radius 3 is 1.44 bits per heavy atom. The number of rotatable bonds is 4. The second-order valence-electron chi connectivity index (χ2n) is 14.0. The van der Waals surface area contributed by atoms with Crippen LogP contribution >= 0.6 is 0 Å². The van der Waals surface area contributed by atoms with Gasteiger partial charge in [0, 0.05) is 54.8 Å². The van der Waals surface area contributed by atoms with E-state index in [9.17, 15) is 10.5 Å². The van der Waals surface area contributed by atoms with E-state index in [4.69, 9.17) is 0 Å². The molecule has 11 aromatic rings. The van der Waals surface area contributed by atoms with Gasteiger partial charge in [-0.15, -0.1) is 0 Å². The zero-order valence-electron chi connectivity index (χ0n) is 29.5. The maximum absolute atomic E-state index is 10.9. The predicted octanol–water partition coefficient (Wildman–Crippen LogP) is 12.4. The summed E-state index contributed by atoms with van der Waals surface area (Å²) in [7, 11) is 0. The molecule has 8 aromatic carbocycles. The molecule has 0 aliphatic heterocycles. The molecule has 0 amide bonds. The highest BCUT2D eigenvalue weighted by Crippen LogP contribution is 2.44. The van der Waals surface area contributed by atoms with E-state index in [0.29, 0.717) is 11.1 Å². The van der Waals surface area contributed by atoms with Crippen molar-refractivity contribution in [1.29, 1.82) is 10.5 Å². The van der Waals surface area contributed by atoms with Crippen molar-refractivity contribution in [3.05, 3.63) is 187 Å². The maximum atomic E-state index is 10.9. The number of nitrogens with zero attached hydrogens (tertiary/aromatic N) is 5. The molecule has 3 heterocycles. The zero-order chi connectivity index (χ0) is 36.6. The molecular formula is C50H29N5. The lowest BCUT2D eigenvalue weighted by molar-refractivity contribution is 1.15. The van der Waals surface area contributed by atoms with Crippen LogP contribution in [0.1, 0.15) is 11.1 Å². The fourth-order valence-electron chi connectivity index (χ4n) is 8.81. The first kappa shape index (κ1) is 30.7. The lowest BCUT2D eigenvalue weighted by Crippen LogP contribution is -2.02. The van der Waals surface area contributed by atoms with Crippen molar-refractivity contribution in [2.24, 2.45) is 0 Å². The Labute approximate surface area is 316 Å². The summed E-state index contributed by atoms with van der Waals surface area (Å²) in [4.78, 5) is 0. The van der Waals surface area contributed by atoms with Gasteiger partial charge in [0.25, 0.3) is 0 Å². The number of benzene rings is 8. The Hall–Kier alpha value is -7.86. The third-order valence-electron chi connectivity index (χ3n) is 11.1. The van der Waals surface area contributed by atoms with E-state index in [1.807, 2.05) is 36.4 Å². The van der Waals surface area contributed by atoms with Crippen LogP contribution in [0.25, 0.3) is 93.6 Å². The Kier molecular flexibility index (Phi) is 6.61. The standard InChI is InChI=1S/C50H29N5/c51-30-32-22-27-48(43(28-32)36-24-23-35(29-33(36)31-52)53-44-18-8-4-14-37(44)38-15-5-9-19-45(38)53)55-47-21-11-7-17-40(47)42-26-25-41-39-16-6-10-20-46(39)54(49(41)50(42)55)34-12-2-1-3-13-34/h1-29H. The van der Waals surface area contributed by atoms with Crippen LogP contribution in [0.2, 0.25) is 0 Å². The molecule has 5 heteroatoms. The lowest BCUT2D eigenvalue weighted by atomic mass is 9.96. The smallest absolute Gasteiger partial charge is 0.0998 e. The van der Waals surface area contributed by atoms with Crippen LogP contribution < -0.4 is 0 Å². The monoisotopic (exact) mass is 699 g/mol. The van der Waals surface area contributed by atoms with Gasteiger partial charge in [0.15, 0.2) is 0 Å². The number of nitriles is 2. The van der Waals surface area contributed by atoms with E-state index in [1.54, 1.807) is 0 Å². The summed E-state index contributed by atoms with van der Waals surface area (Å²) in [6.45, 7) is 0. The molecule has 0 fully saturated rings. The first-order chi connectivity index (χ1) is 27.2. The molecule has 0 aliphatic rings. The van der Waals surface area contributed by atoms with Gasteiger partial charge >= 0.3 is 0 Å². The Morgan fingerprint density at radius 2 is 0.855 bits per heavy atom. The van der Waals surface area contributed by atoms with Gasteiger partial charge in [0.05, 0.1) is 62.1 Å². The van der Waals surface area contributed by atoms with Gasteiger partial charge in [0.1, 0.15) is 0 Å². The van der Waals surface area contributed by atoms with Crippen LogP contribution in [0.15, 0.2) is 176 Å². The first-order valence-corrected chi connectivity index (χ1v) is 18.3. The lowest BCUT2D eigenvalue weighted by Gasteiger charge is -2.18. The molecule has 55 heavy (non-hydrogen) atoms. The summed E-state index contributed by atoms with van der Waals surface area (Å²) < 4.78 is 6.94. The van der Waals surface area contributed by atoms with Crippen molar-refractivity contribution in [1.82, 2.24) is 13.7 Å². The minimum absolute atomic E-state index is 0.526. The van der Waals surface area contributed by atoms with Crippen molar-refractivity contribution in [3.63, 3.8) is 0 Å². The largest absolute Gasteiger partial charge is 0.309 e. The van der Waals surface area contributed by atoms with E-state index in [2.05, 4.69) is 165 Å². The normalized spacial score (nSPS) is 11.6. The van der Waals surface area contributed by atoms with E-state index < -0.39 is 0 Å². The highest BCUT2D eigenvalue weighted by Gasteiger charge is 2.24. The van der Waals surface area contributed by atoms with E-state index in [-0.39, 0.29) is 0 Å². The third-order valence-corrected chi connectivity index (χ3v) is 11.1. The van der Waals surface area contributed by atoms with Crippen molar-refractivity contribution in [2.45, 2.75) is 0 Å². The molecule has 0 saturated carbocycles. The number of para-hydroxylation sites is 5. The fraction of sp³-hybridized carbons (Fsp3) is 0. The van der Waals surface area contributed by atoms with Gasteiger partial charge < -0.3 is 13.7 Å². The molecule has 254 valence electrons. The maximum Gasteiger partial charge on any atom is 0.0998 e. The number of hydrogen-bond acceptors (Lipinski definition) is 2. The Morgan fingerprint density at radius 1 is 0.345 bits per heavy atom. The van der Waals surface area contributed by atoms with Crippen LogP contribution in [-0.4, -0.2) is 13.7 Å². The summed E-state index contributed by atoms with van der Waals surface area (Å²) in [6, 6.07) is 65.7. The van der Waals surface area contributed by atoms with Crippen LogP contribution in [0.5, 0.6) is 0 Å². The van der Waals surface area contributed by atoms with Crippen molar-refractivity contribution in [3.8, 4) is 40.3 Å². The Balaban J connectivity index is 1.24. The molecule has 0 radical (unpaired) electrons. The third kappa shape index (κ3) is 4.39. The molecule has 0 unspecified atom stereocenters. The topological polar surface area (TPSA) is 62.4 Å². The molecule has 0 N–H and O–H groups in total. The number of aromatic nitrogens is 3. The van der Waals surface area contributed by atoms with E-state index in [0.717, 1.165) is 88.2 Å². The van der Waals surface area contributed by atoms with Gasteiger partial charge in [-0.05, 0) is 66.7 Å². The minimum Gasteiger partial charge on any atom is -0.309 e. The van der Waals surface area contributed by atoms with Crippen LogP contribution in [0.3, 0.4) is 0 Å². The summed E-state index contributed by atoms with van der Waals surface area (Å²) in [5.41, 5.74) is 12.0. The number of fused-ring (bicyclic) bond motifs is 10. The average molecular weight is 700 g/mol. The highest BCUT2D eigenvalue weighted by molar-refractivity contribution is 6.24. The molecule has 0 atom stereocenters. The molecule has 0 spiro atoms. The van der Waals surface area contributed by atoms with Crippen molar-refractivity contribution >= 4 is 65.4 Å². The highest BCUT2D eigenvalue weighted by atomic mass is 15.0. The molecule has 3 aromatic heterocycles. The van der Waals surface area contributed by atoms with Crippen LogP contribution in [0, 0.1) is 22.7 Å². The fourth-order valence-corrected chi connectivity index (χ4v) is 8.81. The second kappa shape index (κ2) is 11.8. The first-order valence-electron chi connectivity index (χ1n) is 18.3. The zero-order valence-corrected chi connectivity index (χ0v) is 29.5. The van der Waals surface area contributed by atoms with Crippen LogP contribution in [-0.2, 0) is 0 Å². The van der Waals surface area contributed by atoms with Gasteiger partial charge in [-0.25, -0.2) is 0 Å². The minimum atomic E-state index is 0.526. The predicted molar refractivity (Wildman–Crippen MR) is 224 cm³/mol. The van der Waals surface area contributed by atoms with E-state index in [1.165, 1.54) is 5.39 Å². The van der Waals surface area contributed by atoms with Gasteiger partial charge in [-0.3, -0.25) is 0 Å². The van der Waals surface area contributed by atoms with Crippen molar-refractivity contribution < 1.29 is 0 Å². The van der Waals surface area contributed by atoms with Gasteiger partial charge in [-0.2, -0.15) is 10.5 Å². The Bertz CT molecular complexity index is 3400. The van der Waals surface area contributed by atoms with Gasteiger partial charge in [0.2, 0.25) is 0 Å². The SMILES string of the molecule is N#Cc1ccc(-n2c3ccccc3c3ccc4c5ccccc5n(-c5ccccc5)c4c32)c(-c2ccc(-n3c4ccccc4c4ccccc43)cc2C#N)c1. The van der Waals surface area contributed by atoms with Crippen LogP contribution in [0.4, 0.5) is 0 Å².